The van der Waals surface area contributed by atoms with Crippen LogP contribution in [0.25, 0.3) is 11.1 Å². The van der Waals surface area contributed by atoms with E-state index in [-0.39, 0.29) is 5.41 Å². The van der Waals surface area contributed by atoms with E-state index in [4.69, 9.17) is 17.3 Å². The summed E-state index contributed by atoms with van der Waals surface area (Å²) in [7, 11) is 0. The van der Waals surface area contributed by atoms with Crippen molar-refractivity contribution in [1.29, 1.82) is 0 Å². The van der Waals surface area contributed by atoms with Gasteiger partial charge in [0.25, 0.3) is 5.91 Å². The molecule has 0 unspecified atom stereocenters. The summed E-state index contributed by atoms with van der Waals surface area (Å²) in [4.78, 5) is 26.4. The average molecular weight is 333 g/mol. The number of hydrogen-bond acceptors (Lipinski definition) is 3. The fourth-order valence-electron chi connectivity index (χ4n) is 3.12. The lowest BCUT2D eigenvalue weighted by Crippen LogP contribution is -2.19. The molecular weight excluding hydrogens is 316 g/mol. The van der Waals surface area contributed by atoms with Crippen molar-refractivity contribution in [2.24, 2.45) is 11.1 Å². The summed E-state index contributed by atoms with van der Waals surface area (Å²) in [6.45, 7) is 5.01. The summed E-state index contributed by atoms with van der Waals surface area (Å²) >= 11 is 6.29. The van der Waals surface area contributed by atoms with Gasteiger partial charge < -0.3 is 15.6 Å². The third kappa shape index (κ3) is 2.70. The van der Waals surface area contributed by atoms with Crippen molar-refractivity contribution in [3.63, 3.8) is 0 Å². The van der Waals surface area contributed by atoms with Crippen LogP contribution in [-0.4, -0.2) is 21.9 Å². The fraction of sp³-hybridized carbons (Fsp3) is 0.312. The monoisotopic (exact) mass is 332 g/mol. The second kappa shape index (κ2) is 5.38. The Balaban J connectivity index is 2.19. The second-order valence-electron chi connectivity index (χ2n) is 6.49. The maximum atomic E-state index is 11.8. The van der Waals surface area contributed by atoms with Gasteiger partial charge in [-0.1, -0.05) is 25.4 Å². The van der Waals surface area contributed by atoms with Gasteiger partial charge in [-0.05, 0) is 24.0 Å². The zero-order valence-electron chi connectivity index (χ0n) is 12.9. The zero-order chi connectivity index (χ0) is 16.8. The van der Waals surface area contributed by atoms with Crippen molar-refractivity contribution in [2.75, 3.05) is 5.32 Å². The standard InChI is InChI=1S/C16H17ClN4O2/c1-16(2)5-13-10(3-12(15(18)23)21(13)7-16)9-4-14(20-8-22)19-6-11(9)17/h3-4,6,8H,5,7H2,1-2H3,(H2,18,23)(H,19,20,22). The van der Waals surface area contributed by atoms with Crippen LogP contribution in [-0.2, 0) is 17.8 Å². The van der Waals surface area contributed by atoms with Gasteiger partial charge in [0, 0.05) is 29.6 Å². The molecule has 23 heavy (non-hydrogen) atoms. The van der Waals surface area contributed by atoms with E-state index < -0.39 is 5.91 Å². The van der Waals surface area contributed by atoms with Crippen molar-refractivity contribution >= 4 is 29.7 Å². The Morgan fingerprint density at radius 1 is 1.43 bits per heavy atom. The van der Waals surface area contributed by atoms with Crippen molar-refractivity contribution in [1.82, 2.24) is 9.55 Å². The molecule has 0 aliphatic carbocycles. The average Bonchev–Trinajstić information content (AvgIpc) is 2.94. The fourth-order valence-corrected chi connectivity index (χ4v) is 3.32. The number of primary amides is 1. The van der Waals surface area contributed by atoms with Crippen LogP contribution in [0.2, 0.25) is 5.02 Å². The van der Waals surface area contributed by atoms with Crippen molar-refractivity contribution < 1.29 is 9.59 Å². The summed E-state index contributed by atoms with van der Waals surface area (Å²) < 4.78 is 1.96. The molecule has 0 fully saturated rings. The Morgan fingerprint density at radius 2 is 2.17 bits per heavy atom. The molecule has 0 atom stereocenters. The largest absolute Gasteiger partial charge is 0.364 e. The van der Waals surface area contributed by atoms with Gasteiger partial charge in [-0.25, -0.2) is 4.98 Å². The van der Waals surface area contributed by atoms with E-state index in [9.17, 15) is 9.59 Å². The molecule has 6 nitrogen and oxygen atoms in total. The SMILES string of the molecule is CC1(C)Cc2c(-c3cc(NC=O)ncc3Cl)cc(C(N)=O)n2C1. The van der Waals surface area contributed by atoms with Crippen LogP contribution in [0.3, 0.4) is 0 Å². The molecule has 0 saturated carbocycles. The van der Waals surface area contributed by atoms with Crippen LogP contribution in [0.4, 0.5) is 5.82 Å². The highest BCUT2D eigenvalue weighted by Gasteiger charge is 2.34. The van der Waals surface area contributed by atoms with E-state index >= 15 is 0 Å². The molecule has 120 valence electrons. The van der Waals surface area contributed by atoms with Gasteiger partial charge in [0.05, 0.1) is 5.02 Å². The van der Waals surface area contributed by atoms with E-state index in [1.807, 2.05) is 4.57 Å². The molecule has 3 heterocycles. The highest BCUT2D eigenvalue weighted by atomic mass is 35.5. The quantitative estimate of drug-likeness (QED) is 0.843. The Morgan fingerprint density at radius 3 is 2.83 bits per heavy atom. The molecule has 7 heteroatoms. The number of carbonyl (C=O) groups excluding carboxylic acids is 2. The van der Waals surface area contributed by atoms with Gasteiger partial charge in [0.2, 0.25) is 6.41 Å². The first-order valence-electron chi connectivity index (χ1n) is 7.21. The molecule has 1 aliphatic heterocycles. The molecule has 3 N–H and O–H groups in total. The molecule has 3 rings (SSSR count). The topological polar surface area (TPSA) is 90.0 Å². The first-order valence-corrected chi connectivity index (χ1v) is 7.58. The Kier molecular flexibility index (Phi) is 3.64. The van der Waals surface area contributed by atoms with Gasteiger partial charge in [-0.15, -0.1) is 0 Å². The summed E-state index contributed by atoms with van der Waals surface area (Å²) in [5, 5.41) is 2.96. The summed E-state index contributed by atoms with van der Waals surface area (Å²) in [6.07, 6.45) is 2.85. The Bertz CT molecular complexity index is 811. The number of rotatable bonds is 4. The molecule has 0 spiro atoms. The lowest BCUT2D eigenvalue weighted by molar-refractivity contribution is -0.105. The number of amides is 2. The number of nitrogens with one attached hydrogen (secondary N) is 1. The van der Waals surface area contributed by atoms with Crippen molar-refractivity contribution in [3.05, 3.63) is 34.7 Å². The summed E-state index contributed by atoms with van der Waals surface area (Å²) in [5.74, 6) is -0.0659. The van der Waals surface area contributed by atoms with E-state index in [2.05, 4.69) is 24.1 Å². The number of carbonyl (C=O) groups is 2. The number of nitrogens with zero attached hydrogens (tertiary/aromatic N) is 2. The van der Waals surface area contributed by atoms with E-state index in [0.717, 1.165) is 29.8 Å². The molecule has 0 saturated heterocycles. The molecule has 1 aliphatic rings. The van der Waals surface area contributed by atoms with E-state index in [0.29, 0.717) is 22.9 Å². The van der Waals surface area contributed by atoms with Crippen LogP contribution < -0.4 is 11.1 Å². The maximum Gasteiger partial charge on any atom is 0.265 e. The van der Waals surface area contributed by atoms with Gasteiger partial charge in [0.1, 0.15) is 11.5 Å². The van der Waals surface area contributed by atoms with E-state index in [1.54, 1.807) is 12.1 Å². The molecule has 0 radical (unpaired) electrons. The second-order valence-corrected chi connectivity index (χ2v) is 6.90. The number of anilines is 1. The zero-order valence-corrected chi connectivity index (χ0v) is 13.6. The highest BCUT2D eigenvalue weighted by Crippen LogP contribution is 2.41. The minimum absolute atomic E-state index is 0.0406. The number of nitrogens with two attached hydrogens (primary N) is 1. The normalized spacial score (nSPS) is 15.3. The molecule has 2 aromatic rings. The minimum Gasteiger partial charge on any atom is -0.364 e. The highest BCUT2D eigenvalue weighted by molar-refractivity contribution is 6.33. The molecule has 2 aromatic heterocycles. The van der Waals surface area contributed by atoms with Crippen LogP contribution in [0.5, 0.6) is 0 Å². The Hall–Kier alpha value is -2.34. The summed E-state index contributed by atoms with van der Waals surface area (Å²) in [5.41, 5.74) is 8.63. The van der Waals surface area contributed by atoms with Crippen molar-refractivity contribution in [2.45, 2.75) is 26.8 Å². The van der Waals surface area contributed by atoms with Gasteiger partial charge in [-0.2, -0.15) is 0 Å². The number of fused-ring (bicyclic) bond motifs is 1. The molecule has 0 aromatic carbocycles. The molecule has 2 amide bonds. The first-order chi connectivity index (χ1) is 10.8. The lowest BCUT2D eigenvalue weighted by Gasteiger charge is -2.16. The van der Waals surface area contributed by atoms with Crippen LogP contribution in [0.1, 0.15) is 30.0 Å². The van der Waals surface area contributed by atoms with Crippen LogP contribution in [0.15, 0.2) is 18.3 Å². The third-order valence-electron chi connectivity index (χ3n) is 4.05. The number of halogens is 1. The van der Waals surface area contributed by atoms with Gasteiger partial charge in [-0.3, -0.25) is 9.59 Å². The van der Waals surface area contributed by atoms with Gasteiger partial charge >= 0.3 is 0 Å². The minimum atomic E-state index is -0.466. The number of aromatic nitrogens is 2. The lowest BCUT2D eigenvalue weighted by atomic mass is 9.89. The van der Waals surface area contributed by atoms with Crippen LogP contribution in [0, 0.1) is 5.41 Å². The smallest absolute Gasteiger partial charge is 0.265 e. The predicted molar refractivity (Wildman–Crippen MR) is 88.4 cm³/mol. The van der Waals surface area contributed by atoms with Crippen molar-refractivity contribution in [3.8, 4) is 11.1 Å². The molecular formula is C16H17ClN4O2. The molecule has 0 bridgehead atoms. The summed E-state index contributed by atoms with van der Waals surface area (Å²) in [6, 6.07) is 3.46. The third-order valence-corrected chi connectivity index (χ3v) is 4.35. The first kappa shape index (κ1) is 15.6. The Labute approximate surface area is 138 Å². The van der Waals surface area contributed by atoms with Crippen LogP contribution >= 0.6 is 11.6 Å². The van der Waals surface area contributed by atoms with Gasteiger partial charge in [0.15, 0.2) is 0 Å². The predicted octanol–water partition coefficient (Wildman–Crippen LogP) is 2.45. The number of hydrogen-bond donors (Lipinski definition) is 2. The van der Waals surface area contributed by atoms with E-state index in [1.165, 1.54) is 6.20 Å². The number of pyridine rings is 1. The maximum absolute atomic E-state index is 11.8.